The smallest absolute Gasteiger partial charge is 0.171 e. The molecule has 0 aromatic heterocycles. The van der Waals surface area contributed by atoms with Crippen molar-refractivity contribution in [1.82, 2.24) is 10.6 Å². The first kappa shape index (κ1) is 5.91. The van der Waals surface area contributed by atoms with Crippen LogP contribution in [0.1, 0.15) is 6.92 Å². The SMILES string of the molecule is CC1NC(=S)NC1=S. The van der Waals surface area contributed by atoms with Crippen LogP contribution in [-0.2, 0) is 0 Å². The third-order valence-corrected chi connectivity index (χ3v) is 1.65. The van der Waals surface area contributed by atoms with E-state index >= 15 is 0 Å². The predicted molar refractivity (Wildman–Crippen MR) is 40.9 cm³/mol. The van der Waals surface area contributed by atoms with E-state index < -0.39 is 0 Å². The van der Waals surface area contributed by atoms with Crippen molar-refractivity contribution < 1.29 is 0 Å². The van der Waals surface area contributed by atoms with Gasteiger partial charge in [-0.25, -0.2) is 0 Å². The van der Waals surface area contributed by atoms with Crippen molar-refractivity contribution in [3.63, 3.8) is 0 Å². The maximum absolute atomic E-state index is 4.86. The van der Waals surface area contributed by atoms with Gasteiger partial charge < -0.3 is 10.6 Å². The molecule has 0 aromatic carbocycles. The van der Waals surface area contributed by atoms with Gasteiger partial charge in [-0.1, -0.05) is 12.2 Å². The van der Waals surface area contributed by atoms with Crippen LogP contribution in [0.4, 0.5) is 0 Å². The van der Waals surface area contributed by atoms with Crippen LogP contribution in [-0.4, -0.2) is 16.1 Å². The first-order valence-corrected chi connectivity index (χ1v) is 3.13. The fourth-order valence-electron chi connectivity index (χ4n) is 0.518. The molecule has 1 aliphatic heterocycles. The fourth-order valence-corrected chi connectivity index (χ4v) is 1.03. The molecular weight excluding hydrogens is 140 g/mol. The molecule has 1 saturated heterocycles. The lowest BCUT2D eigenvalue weighted by molar-refractivity contribution is 0.894. The summed E-state index contributed by atoms with van der Waals surface area (Å²) in [5, 5.41) is 6.41. The normalized spacial score (nSPS) is 27.4. The van der Waals surface area contributed by atoms with E-state index in [1.165, 1.54) is 0 Å². The predicted octanol–water partition coefficient (Wildman–Crippen LogP) is 0.180. The van der Waals surface area contributed by atoms with E-state index in [0.717, 1.165) is 4.99 Å². The Morgan fingerprint density at radius 3 is 2.25 bits per heavy atom. The van der Waals surface area contributed by atoms with Gasteiger partial charge in [-0.05, 0) is 19.1 Å². The van der Waals surface area contributed by atoms with Crippen LogP contribution < -0.4 is 10.6 Å². The minimum Gasteiger partial charge on any atom is -0.354 e. The van der Waals surface area contributed by atoms with Crippen molar-refractivity contribution in [2.24, 2.45) is 0 Å². The van der Waals surface area contributed by atoms with Gasteiger partial charge in [0.15, 0.2) is 5.11 Å². The summed E-state index contributed by atoms with van der Waals surface area (Å²) in [6.07, 6.45) is 0. The molecule has 1 heterocycles. The first-order valence-electron chi connectivity index (χ1n) is 2.31. The van der Waals surface area contributed by atoms with Crippen LogP contribution in [0.3, 0.4) is 0 Å². The van der Waals surface area contributed by atoms with Crippen molar-refractivity contribution in [1.29, 1.82) is 0 Å². The molecule has 0 radical (unpaired) electrons. The third-order valence-electron chi connectivity index (χ3n) is 0.978. The number of rotatable bonds is 0. The van der Waals surface area contributed by atoms with Gasteiger partial charge in [0, 0.05) is 0 Å². The van der Waals surface area contributed by atoms with Crippen LogP contribution in [0.15, 0.2) is 0 Å². The molecule has 0 aromatic rings. The van der Waals surface area contributed by atoms with E-state index in [9.17, 15) is 0 Å². The molecule has 44 valence electrons. The lowest BCUT2D eigenvalue weighted by atomic mass is 10.4. The Labute approximate surface area is 58.6 Å². The molecule has 0 spiro atoms. The molecule has 1 aliphatic rings. The van der Waals surface area contributed by atoms with Gasteiger partial charge in [0.05, 0.1) is 6.04 Å². The Hall–Kier alpha value is -0.220. The summed E-state index contributed by atoms with van der Waals surface area (Å²) in [7, 11) is 0. The maximum atomic E-state index is 4.86. The first-order chi connectivity index (χ1) is 3.70. The summed E-state index contributed by atoms with van der Waals surface area (Å²) in [5.74, 6) is 0. The van der Waals surface area contributed by atoms with E-state index in [0.29, 0.717) is 5.11 Å². The molecule has 0 bridgehead atoms. The van der Waals surface area contributed by atoms with Crippen LogP contribution in [0.25, 0.3) is 0 Å². The molecule has 8 heavy (non-hydrogen) atoms. The highest BCUT2D eigenvalue weighted by atomic mass is 32.1. The Morgan fingerprint density at radius 1 is 1.50 bits per heavy atom. The lowest BCUT2D eigenvalue weighted by Gasteiger charge is -1.95. The molecule has 0 aliphatic carbocycles. The van der Waals surface area contributed by atoms with Gasteiger partial charge in [-0.3, -0.25) is 0 Å². The molecular formula is C4H6N2S2. The third kappa shape index (κ3) is 0.952. The van der Waals surface area contributed by atoms with Crippen LogP contribution in [0.5, 0.6) is 0 Å². The van der Waals surface area contributed by atoms with E-state index in [4.69, 9.17) is 24.4 Å². The summed E-state index contributed by atoms with van der Waals surface area (Å²) >= 11 is 9.62. The monoisotopic (exact) mass is 146 g/mol. The maximum Gasteiger partial charge on any atom is 0.171 e. The average Bonchev–Trinajstić information content (AvgIpc) is 1.85. The second kappa shape index (κ2) is 1.95. The van der Waals surface area contributed by atoms with Crippen LogP contribution in [0.2, 0.25) is 0 Å². The number of hydrogen-bond acceptors (Lipinski definition) is 2. The van der Waals surface area contributed by atoms with Crippen molar-refractivity contribution >= 4 is 34.5 Å². The zero-order chi connectivity index (χ0) is 6.15. The Balaban J connectivity index is 2.64. The van der Waals surface area contributed by atoms with Gasteiger partial charge in [-0.15, -0.1) is 0 Å². The highest BCUT2D eigenvalue weighted by Crippen LogP contribution is 1.91. The highest BCUT2D eigenvalue weighted by molar-refractivity contribution is 7.82. The summed E-state index contributed by atoms with van der Waals surface area (Å²) < 4.78 is 0. The fraction of sp³-hybridized carbons (Fsp3) is 0.500. The second-order valence-corrected chi connectivity index (χ2v) is 2.53. The number of thiocarbonyl (C=S) groups is 2. The van der Waals surface area contributed by atoms with E-state index in [1.807, 2.05) is 6.92 Å². The lowest BCUT2D eigenvalue weighted by Crippen LogP contribution is -2.23. The van der Waals surface area contributed by atoms with E-state index in [-0.39, 0.29) is 6.04 Å². The van der Waals surface area contributed by atoms with Crippen molar-refractivity contribution in [2.45, 2.75) is 13.0 Å². The van der Waals surface area contributed by atoms with Crippen LogP contribution >= 0.6 is 24.4 Å². The zero-order valence-corrected chi connectivity index (χ0v) is 6.03. The Kier molecular flexibility index (Phi) is 1.44. The van der Waals surface area contributed by atoms with Crippen molar-refractivity contribution in [3.8, 4) is 0 Å². The van der Waals surface area contributed by atoms with Crippen molar-refractivity contribution in [2.75, 3.05) is 0 Å². The summed E-state index contributed by atoms with van der Waals surface area (Å²) in [5.41, 5.74) is 0. The highest BCUT2D eigenvalue weighted by Gasteiger charge is 2.17. The minimum absolute atomic E-state index is 0.220. The number of nitrogens with one attached hydrogen (secondary N) is 2. The largest absolute Gasteiger partial charge is 0.354 e. The van der Waals surface area contributed by atoms with Gasteiger partial charge in [0.25, 0.3) is 0 Å². The summed E-state index contributed by atoms with van der Waals surface area (Å²) in [4.78, 5) is 0.787. The van der Waals surface area contributed by atoms with Gasteiger partial charge in [0.1, 0.15) is 4.99 Å². The topological polar surface area (TPSA) is 24.1 Å². The van der Waals surface area contributed by atoms with Gasteiger partial charge in [-0.2, -0.15) is 0 Å². The molecule has 2 N–H and O–H groups in total. The second-order valence-electron chi connectivity index (χ2n) is 1.68. The summed E-state index contributed by atoms with van der Waals surface area (Å²) in [6, 6.07) is 0.220. The van der Waals surface area contributed by atoms with Crippen LogP contribution in [0, 0.1) is 0 Å². The number of hydrogen-bond donors (Lipinski definition) is 2. The Bertz CT molecular complexity index is 143. The molecule has 4 heteroatoms. The molecule has 1 atom stereocenters. The van der Waals surface area contributed by atoms with E-state index in [1.54, 1.807) is 0 Å². The molecule has 2 nitrogen and oxygen atoms in total. The standard InChI is InChI=1S/C4H6N2S2/c1-2-3(7)6-4(8)5-2/h2H,1H3,(H2,5,6,7,8). The average molecular weight is 146 g/mol. The molecule has 1 rings (SSSR count). The molecule has 1 fully saturated rings. The Morgan fingerprint density at radius 2 is 2.12 bits per heavy atom. The molecule has 1 unspecified atom stereocenters. The summed E-state index contributed by atoms with van der Waals surface area (Å²) in [6.45, 7) is 1.97. The zero-order valence-electron chi connectivity index (χ0n) is 4.39. The van der Waals surface area contributed by atoms with Gasteiger partial charge in [0.2, 0.25) is 0 Å². The minimum atomic E-state index is 0.220. The van der Waals surface area contributed by atoms with E-state index in [2.05, 4.69) is 10.6 Å². The molecule has 0 saturated carbocycles. The molecule has 0 amide bonds. The van der Waals surface area contributed by atoms with Crippen molar-refractivity contribution in [3.05, 3.63) is 0 Å². The van der Waals surface area contributed by atoms with Gasteiger partial charge >= 0.3 is 0 Å². The quantitative estimate of drug-likeness (QED) is 0.476.